The third kappa shape index (κ3) is 6.16. The van der Waals surface area contributed by atoms with Gasteiger partial charge in [-0.3, -0.25) is 19.2 Å². The molecule has 10 heteroatoms. The first-order valence-corrected chi connectivity index (χ1v) is 8.33. The molecule has 0 aliphatic rings. The Hall–Kier alpha value is -1.65. The van der Waals surface area contributed by atoms with Crippen LogP contribution >= 0.6 is 11.3 Å². The van der Waals surface area contributed by atoms with Crippen LogP contribution in [-0.4, -0.2) is 26.3 Å². The summed E-state index contributed by atoms with van der Waals surface area (Å²) in [6.45, 7) is 0.125. The maximum atomic E-state index is 12.0. The molecule has 1 atom stereocenters. The van der Waals surface area contributed by atoms with Crippen molar-refractivity contribution in [2.45, 2.75) is 6.54 Å². The van der Waals surface area contributed by atoms with Gasteiger partial charge in [0.2, 0.25) is 12.3 Å². The summed E-state index contributed by atoms with van der Waals surface area (Å²) in [5.41, 5.74) is 4.85. The minimum absolute atomic E-state index is 0. The number of hydrazine groups is 1. The average molecular weight is 375 g/mol. The number of ketones is 1. The van der Waals surface area contributed by atoms with E-state index in [1.165, 1.54) is 17.5 Å². The molecule has 7 nitrogen and oxygen atoms in total. The molecule has 0 aliphatic heterocycles. The van der Waals surface area contributed by atoms with Crippen molar-refractivity contribution >= 4 is 34.1 Å². The number of carbonyl (C=O) groups excluding carboxylic acids is 2. The fourth-order valence-electron chi connectivity index (χ4n) is 1.68. The summed E-state index contributed by atoms with van der Waals surface area (Å²) in [5, 5.41) is 1.83. The molecule has 2 aromatic heterocycles. The Bertz CT molecular complexity index is 694. The minimum atomic E-state index is -2.29. The van der Waals surface area contributed by atoms with Gasteiger partial charge >= 0.3 is 0 Å². The van der Waals surface area contributed by atoms with E-state index < -0.39 is 17.0 Å². The Labute approximate surface area is 145 Å². The van der Waals surface area contributed by atoms with E-state index in [9.17, 15) is 18.4 Å². The maximum Gasteiger partial charge on any atom is 0.271 e. The summed E-state index contributed by atoms with van der Waals surface area (Å²) < 4.78 is 22.3. The van der Waals surface area contributed by atoms with Crippen molar-refractivity contribution in [2.24, 2.45) is 0 Å². The SMILES string of the molecule is O=C(NNCS(=O)[O-])c1ccc[n+](CC(=O)c2cccs2)c1.[Cl-]. The van der Waals surface area contributed by atoms with Gasteiger partial charge in [-0.25, -0.2) is 5.43 Å². The van der Waals surface area contributed by atoms with Crippen molar-refractivity contribution in [3.8, 4) is 0 Å². The number of pyridine rings is 1. The summed E-state index contributed by atoms with van der Waals surface area (Å²) in [6, 6.07) is 6.76. The predicted octanol–water partition coefficient (Wildman–Crippen LogP) is -3.01. The number of Topliss-reactive ketones (excluding diaryl/α,β-unsaturated/α-hetero) is 1. The van der Waals surface area contributed by atoms with Gasteiger partial charge < -0.3 is 17.0 Å². The minimum Gasteiger partial charge on any atom is -1.00 e. The van der Waals surface area contributed by atoms with Gasteiger partial charge in [-0.05, 0) is 28.6 Å². The molecule has 0 aliphatic carbocycles. The van der Waals surface area contributed by atoms with Gasteiger partial charge in [0.05, 0.1) is 10.8 Å². The van der Waals surface area contributed by atoms with E-state index in [0.29, 0.717) is 10.4 Å². The topological polar surface area (TPSA) is 102 Å². The van der Waals surface area contributed by atoms with Crippen molar-refractivity contribution in [3.63, 3.8) is 0 Å². The van der Waals surface area contributed by atoms with Gasteiger partial charge in [-0.15, -0.1) is 11.3 Å². The Balaban J connectivity index is 0.00000264. The van der Waals surface area contributed by atoms with E-state index in [2.05, 4.69) is 10.9 Å². The number of rotatable bonds is 7. The predicted molar refractivity (Wildman–Crippen MR) is 79.7 cm³/mol. The van der Waals surface area contributed by atoms with Crippen LogP contribution in [0, 0.1) is 0 Å². The lowest BCUT2D eigenvalue weighted by molar-refractivity contribution is -0.683. The van der Waals surface area contributed by atoms with Gasteiger partial charge in [-0.2, -0.15) is 4.57 Å². The van der Waals surface area contributed by atoms with Crippen LogP contribution in [0.4, 0.5) is 0 Å². The zero-order chi connectivity index (χ0) is 15.9. The van der Waals surface area contributed by atoms with Gasteiger partial charge in [-0.1, -0.05) is 6.07 Å². The lowest BCUT2D eigenvalue weighted by Gasteiger charge is -2.08. The molecule has 0 spiro atoms. The Morgan fingerprint density at radius 1 is 1.30 bits per heavy atom. The van der Waals surface area contributed by atoms with E-state index in [4.69, 9.17) is 0 Å². The molecular formula is C13H13ClN3O4S2-. The van der Waals surface area contributed by atoms with Crippen molar-refractivity contribution < 1.29 is 35.3 Å². The van der Waals surface area contributed by atoms with Gasteiger partial charge in [0.15, 0.2) is 12.4 Å². The van der Waals surface area contributed by atoms with Gasteiger partial charge in [0.1, 0.15) is 5.56 Å². The fourth-order valence-corrected chi connectivity index (χ4v) is 2.53. The normalized spacial score (nSPS) is 11.3. The van der Waals surface area contributed by atoms with E-state index >= 15 is 0 Å². The molecule has 0 fully saturated rings. The molecule has 0 radical (unpaired) electrons. The smallest absolute Gasteiger partial charge is 0.271 e. The van der Waals surface area contributed by atoms with Gasteiger partial charge in [0.25, 0.3) is 5.91 Å². The zero-order valence-corrected chi connectivity index (χ0v) is 14.1. The monoisotopic (exact) mass is 374 g/mol. The summed E-state index contributed by atoms with van der Waals surface area (Å²) in [5.74, 6) is -0.907. The molecule has 2 aromatic rings. The number of hydrogen-bond acceptors (Lipinski definition) is 6. The standard InChI is InChI=1S/C13H13N3O4S2.ClH/c17-11(12-4-2-6-21-12)8-16-5-1-3-10(7-16)13(18)15-14-9-22(19)20;/h1-7,14H,8-9H2,(H-,15,18,19,20);1H/p-1. The number of halogens is 1. The third-order valence-corrected chi connectivity index (χ3v) is 3.93. The molecule has 0 saturated carbocycles. The second-order valence-electron chi connectivity index (χ2n) is 4.24. The van der Waals surface area contributed by atoms with Crippen molar-refractivity contribution in [3.05, 3.63) is 52.5 Å². The Morgan fingerprint density at radius 3 is 2.74 bits per heavy atom. The van der Waals surface area contributed by atoms with Crippen LogP contribution < -0.4 is 27.8 Å². The highest BCUT2D eigenvalue weighted by Crippen LogP contribution is 2.09. The first-order valence-electron chi connectivity index (χ1n) is 6.21. The van der Waals surface area contributed by atoms with Crippen LogP contribution in [0.25, 0.3) is 0 Å². The number of amides is 1. The largest absolute Gasteiger partial charge is 1.00 e. The molecule has 2 N–H and O–H groups in total. The van der Waals surface area contributed by atoms with Crippen LogP contribution in [0.15, 0.2) is 42.0 Å². The molecule has 1 unspecified atom stereocenters. The number of nitrogens with one attached hydrogen (secondary N) is 2. The summed E-state index contributed by atoms with van der Waals surface area (Å²) in [4.78, 5) is 24.5. The second-order valence-corrected chi connectivity index (χ2v) is 6.09. The first kappa shape index (κ1) is 19.4. The number of nitrogens with zero attached hydrogens (tertiary/aromatic N) is 1. The van der Waals surface area contributed by atoms with E-state index in [1.54, 1.807) is 35.0 Å². The lowest BCUT2D eigenvalue weighted by atomic mass is 10.2. The maximum absolute atomic E-state index is 12.0. The highest BCUT2D eigenvalue weighted by atomic mass is 35.5. The van der Waals surface area contributed by atoms with E-state index in [-0.39, 0.29) is 30.6 Å². The first-order chi connectivity index (χ1) is 10.6. The molecule has 1 amide bonds. The Morgan fingerprint density at radius 2 is 2.09 bits per heavy atom. The van der Waals surface area contributed by atoms with Crippen LogP contribution in [0.2, 0.25) is 0 Å². The zero-order valence-electron chi connectivity index (χ0n) is 11.7. The average Bonchev–Trinajstić information content (AvgIpc) is 3.01. The van der Waals surface area contributed by atoms with Gasteiger partial charge in [0, 0.05) is 6.07 Å². The van der Waals surface area contributed by atoms with Crippen LogP contribution in [-0.2, 0) is 17.6 Å². The summed E-state index contributed by atoms with van der Waals surface area (Å²) >= 11 is -0.928. The second kappa shape index (κ2) is 9.48. The number of hydrogen-bond donors (Lipinski definition) is 2. The van der Waals surface area contributed by atoms with Crippen molar-refractivity contribution in [1.29, 1.82) is 0 Å². The van der Waals surface area contributed by atoms with Crippen LogP contribution in [0.5, 0.6) is 0 Å². The van der Waals surface area contributed by atoms with E-state index in [1.807, 2.05) is 5.38 Å². The molecule has 2 heterocycles. The molecule has 0 saturated heterocycles. The molecule has 124 valence electrons. The van der Waals surface area contributed by atoms with Crippen LogP contribution in [0.3, 0.4) is 0 Å². The molecule has 0 bridgehead atoms. The number of thiophene rings is 1. The third-order valence-electron chi connectivity index (χ3n) is 2.63. The molecule has 0 aromatic carbocycles. The summed E-state index contributed by atoms with van der Waals surface area (Å²) in [6.07, 6.45) is 3.21. The fraction of sp³-hybridized carbons (Fsp3) is 0.154. The quantitative estimate of drug-likeness (QED) is 0.233. The lowest BCUT2D eigenvalue weighted by Crippen LogP contribution is -3.00. The summed E-state index contributed by atoms with van der Waals surface area (Å²) in [7, 11) is 0. The highest BCUT2D eigenvalue weighted by molar-refractivity contribution is 7.79. The number of carbonyl (C=O) groups is 2. The molecule has 2 rings (SSSR count). The Kier molecular flexibility index (Phi) is 8.00. The molecular weight excluding hydrogens is 362 g/mol. The van der Waals surface area contributed by atoms with Crippen LogP contribution in [0.1, 0.15) is 20.0 Å². The van der Waals surface area contributed by atoms with Crippen molar-refractivity contribution in [1.82, 2.24) is 10.9 Å². The van der Waals surface area contributed by atoms with E-state index in [0.717, 1.165) is 0 Å². The highest BCUT2D eigenvalue weighted by Gasteiger charge is 2.15. The van der Waals surface area contributed by atoms with Crippen molar-refractivity contribution in [2.75, 3.05) is 5.88 Å². The number of aromatic nitrogens is 1. The molecule has 23 heavy (non-hydrogen) atoms.